The summed E-state index contributed by atoms with van der Waals surface area (Å²) in [5, 5.41) is 0. The Balaban J connectivity index is 1.52. The van der Waals surface area contributed by atoms with Crippen LogP contribution in [0.5, 0.6) is 11.5 Å². The number of hydrogen-bond acceptors (Lipinski definition) is 6. The molecule has 0 atom stereocenters. The highest BCUT2D eigenvalue weighted by Gasteiger charge is 2.30. The molecule has 3 aromatic rings. The lowest BCUT2D eigenvalue weighted by Crippen LogP contribution is -2.36. The van der Waals surface area contributed by atoms with Crippen LogP contribution in [-0.4, -0.2) is 36.8 Å². The van der Waals surface area contributed by atoms with Gasteiger partial charge < -0.3 is 9.47 Å². The minimum atomic E-state index is -3.77. The second-order valence-electron chi connectivity index (χ2n) is 7.44. The van der Waals surface area contributed by atoms with Crippen LogP contribution in [0.3, 0.4) is 0 Å². The summed E-state index contributed by atoms with van der Waals surface area (Å²) in [6.45, 7) is 0.864. The number of carbonyl (C=O) groups is 1. The Hall–Kier alpha value is -3.23. The number of rotatable bonds is 7. The Labute approximate surface area is 187 Å². The van der Waals surface area contributed by atoms with Gasteiger partial charge in [-0.3, -0.25) is 4.98 Å². The van der Waals surface area contributed by atoms with Crippen molar-refractivity contribution >= 4 is 16.0 Å². The molecule has 2 aromatic carbocycles. The lowest BCUT2D eigenvalue weighted by atomic mass is 10.2. The summed E-state index contributed by atoms with van der Waals surface area (Å²) in [6.07, 6.45) is 5.88. The van der Waals surface area contributed by atoms with E-state index in [1.165, 1.54) is 16.4 Å². The number of piperidine rings is 1. The average molecular weight is 453 g/mol. The number of hydrogen-bond donors (Lipinski definition) is 0. The Bertz CT molecular complexity index is 1180. The van der Waals surface area contributed by atoms with E-state index in [-0.39, 0.29) is 17.1 Å². The number of aromatic nitrogens is 1. The van der Waals surface area contributed by atoms with Crippen molar-refractivity contribution in [2.45, 2.75) is 30.8 Å². The van der Waals surface area contributed by atoms with Crippen LogP contribution >= 0.6 is 0 Å². The quantitative estimate of drug-likeness (QED) is 0.494. The summed E-state index contributed by atoms with van der Waals surface area (Å²) in [6, 6.07) is 16.9. The number of para-hydroxylation sites is 1. The average Bonchev–Trinajstić information content (AvgIpc) is 2.84. The summed E-state index contributed by atoms with van der Waals surface area (Å²) >= 11 is 0. The smallest absolute Gasteiger partial charge is 0.339 e. The molecule has 1 saturated heterocycles. The van der Waals surface area contributed by atoms with E-state index in [1.54, 1.807) is 48.8 Å². The van der Waals surface area contributed by atoms with Crippen molar-refractivity contribution in [1.82, 2.24) is 9.29 Å². The van der Waals surface area contributed by atoms with Crippen molar-refractivity contribution in [1.29, 1.82) is 0 Å². The Morgan fingerprint density at radius 3 is 2.47 bits per heavy atom. The molecule has 1 fully saturated rings. The zero-order valence-corrected chi connectivity index (χ0v) is 18.3. The molecule has 1 aromatic heterocycles. The lowest BCUT2D eigenvalue weighted by molar-refractivity contribution is 0.0466. The Morgan fingerprint density at radius 2 is 1.69 bits per heavy atom. The fourth-order valence-electron chi connectivity index (χ4n) is 3.58. The first-order valence-electron chi connectivity index (χ1n) is 10.5. The van der Waals surface area contributed by atoms with E-state index in [2.05, 4.69) is 4.98 Å². The van der Waals surface area contributed by atoms with Crippen molar-refractivity contribution in [2.75, 3.05) is 13.1 Å². The van der Waals surface area contributed by atoms with Crippen LogP contribution in [0.25, 0.3) is 0 Å². The first kappa shape index (κ1) is 22.0. The normalized spacial score (nSPS) is 14.6. The number of ether oxygens (including phenoxy) is 2. The molecular weight excluding hydrogens is 428 g/mol. The maximum Gasteiger partial charge on any atom is 0.339 e. The summed E-state index contributed by atoms with van der Waals surface area (Å²) in [5.74, 6) is 0.393. The van der Waals surface area contributed by atoms with Crippen molar-refractivity contribution in [3.63, 3.8) is 0 Å². The van der Waals surface area contributed by atoms with Crippen molar-refractivity contribution in [3.05, 3.63) is 84.2 Å². The molecule has 32 heavy (non-hydrogen) atoms. The number of benzene rings is 2. The zero-order chi connectivity index (χ0) is 22.4. The van der Waals surface area contributed by atoms with E-state index in [1.807, 2.05) is 12.1 Å². The molecule has 0 radical (unpaired) electrons. The molecule has 166 valence electrons. The van der Waals surface area contributed by atoms with Gasteiger partial charge in [0, 0.05) is 24.8 Å². The fraction of sp³-hybridized carbons (Fsp3) is 0.250. The van der Waals surface area contributed by atoms with Crippen LogP contribution < -0.4 is 4.74 Å². The first-order chi connectivity index (χ1) is 15.6. The third-order valence-electron chi connectivity index (χ3n) is 5.23. The predicted octanol–water partition coefficient (Wildman–Crippen LogP) is 4.41. The molecule has 0 spiro atoms. The van der Waals surface area contributed by atoms with Crippen LogP contribution in [0.2, 0.25) is 0 Å². The largest absolute Gasteiger partial charge is 0.457 e. The van der Waals surface area contributed by atoms with Gasteiger partial charge in [-0.1, -0.05) is 36.8 Å². The molecule has 0 unspecified atom stereocenters. The van der Waals surface area contributed by atoms with E-state index in [0.717, 1.165) is 19.3 Å². The highest BCUT2D eigenvalue weighted by Crippen LogP contribution is 2.27. The number of carbonyl (C=O) groups excluding carboxylic acids is 1. The molecule has 1 aliphatic rings. The molecule has 1 aliphatic heterocycles. The van der Waals surface area contributed by atoms with E-state index in [0.29, 0.717) is 30.2 Å². The van der Waals surface area contributed by atoms with E-state index in [4.69, 9.17) is 9.47 Å². The maximum atomic E-state index is 13.1. The summed E-state index contributed by atoms with van der Waals surface area (Å²) in [5.41, 5.74) is 0.685. The number of esters is 1. The second kappa shape index (κ2) is 9.93. The van der Waals surface area contributed by atoms with E-state index >= 15 is 0 Å². The van der Waals surface area contributed by atoms with Gasteiger partial charge in [0.15, 0.2) is 0 Å². The van der Waals surface area contributed by atoms with Crippen LogP contribution in [0.4, 0.5) is 0 Å². The van der Waals surface area contributed by atoms with Crippen molar-refractivity contribution in [3.8, 4) is 11.5 Å². The topological polar surface area (TPSA) is 85.8 Å². The lowest BCUT2D eigenvalue weighted by Gasteiger charge is -2.26. The molecule has 7 nitrogen and oxygen atoms in total. The van der Waals surface area contributed by atoms with Gasteiger partial charge in [-0.2, -0.15) is 4.31 Å². The molecule has 0 saturated carbocycles. The standard InChI is InChI=1S/C24H24N2O5S/c27-24(21-11-3-5-13-23(21)32(28,29)26-15-6-1-7-16-26)30-18-19-9-2-4-12-22(19)31-20-10-8-14-25-17-20/h2-5,8-14,17H,1,6-7,15-16,18H2. The predicted molar refractivity (Wildman–Crippen MR) is 119 cm³/mol. The monoisotopic (exact) mass is 452 g/mol. The van der Waals surface area contributed by atoms with Crippen LogP contribution in [0.15, 0.2) is 78.0 Å². The fourth-order valence-corrected chi connectivity index (χ4v) is 5.28. The van der Waals surface area contributed by atoms with Crippen molar-refractivity contribution in [2.24, 2.45) is 0 Å². The second-order valence-corrected chi connectivity index (χ2v) is 9.34. The van der Waals surface area contributed by atoms with E-state index < -0.39 is 16.0 Å². The SMILES string of the molecule is O=C(OCc1ccccc1Oc1cccnc1)c1ccccc1S(=O)(=O)N1CCCCC1. The van der Waals surface area contributed by atoms with Crippen LogP contribution in [-0.2, 0) is 21.4 Å². The van der Waals surface area contributed by atoms with Crippen LogP contribution in [0, 0.1) is 0 Å². The molecule has 2 heterocycles. The minimum absolute atomic E-state index is 0.0215. The molecule has 0 bridgehead atoms. The molecule has 0 N–H and O–H groups in total. The van der Waals surface area contributed by atoms with Gasteiger partial charge in [0.05, 0.1) is 16.7 Å². The third-order valence-corrected chi connectivity index (χ3v) is 7.19. The van der Waals surface area contributed by atoms with Gasteiger partial charge in [-0.25, -0.2) is 13.2 Å². The maximum absolute atomic E-state index is 13.1. The van der Waals surface area contributed by atoms with Gasteiger partial charge in [0.2, 0.25) is 10.0 Å². The molecule has 8 heteroatoms. The van der Waals surface area contributed by atoms with Gasteiger partial charge in [0.1, 0.15) is 18.1 Å². The minimum Gasteiger partial charge on any atom is -0.457 e. The highest BCUT2D eigenvalue weighted by atomic mass is 32.2. The Kier molecular flexibility index (Phi) is 6.82. The number of pyridine rings is 1. The number of nitrogens with zero attached hydrogens (tertiary/aromatic N) is 2. The molecular formula is C24H24N2O5S. The van der Waals surface area contributed by atoms with Crippen LogP contribution in [0.1, 0.15) is 35.2 Å². The highest BCUT2D eigenvalue weighted by molar-refractivity contribution is 7.89. The van der Waals surface area contributed by atoms with Gasteiger partial charge in [-0.15, -0.1) is 0 Å². The molecule has 4 rings (SSSR count). The number of sulfonamides is 1. The summed E-state index contributed by atoms with van der Waals surface area (Å²) < 4.78 is 39.1. The summed E-state index contributed by atoms with van der Waals surface area (Å²) in [7, 11) is -3.77. The zero-order valence-electron chi connectivity index (χ0n) is 17.5. The van der Waals surface area contributed by atoms with Gasteiger partial charge >= 0.3 is 5.97 Å². The molecule has 0 aliphatic carbocycles. The first-order valence-corrected chi connectivity index (χ1v) is 11.9. The summed E-state index contributed by atoms with van der Waals surface area (Å²) in [4.78, 5) is 16.9. The third kappa shape index (κ3) is 4.98. The Morgan fingerprint density at radius 1 is 0.938 bits per heavy atom. The van der Waals surface area contributed by atoms with E-state index in [9.17, 15) is 13.2 Å². The molecule has 0 amide bonds. The van der Waals surface area contributed by atoms with Gasteiger partial charge in [0.25, 0.3) is 0 Å². The van der Waals surface area contributed by atoms with Crippen molar-refractivity contribution < 1.29 is 22.7 Å². The van der Waals surface area contributed by atoms with Gasteiger partial charge in [-0.05, 0) is 43.2 Å².